The lowest BCUT2D eigenvalue weighted by molar-refractivity contribution is 0.409. The van der Waals surface area contributed by atoms with Crippen molar-refractivity contribution in [3.63, 3.8) is 0 Å². The van der Waals surface area contributed by atoms with E-state index in [1.165, 1.54) is 5.56 Å². The molecule has 1 aliphatic carbocycles. The van der Waals surface area contributed by atoms with E-state index in [0.29, 0.717) is 28.8 Å². The quantitative estimate of drug-likeness (QED) is 0.888. The van der Waals surface area contributed by atoms with Crippen LogP contribution in [0.2, 0.25) is 0 Å². The molecular weight excluding hydrogens is 342 g/mol. The number of anilines is 1. The molecule has 0 radical (unpaired) electrons. The van der Waals surface area contributed by atoms with Crippen LogP contribution in [0.15, 0.2) is 6.07 Å². The second-order valence-electron chi connectivity index (χ2n) is 7.20. The molecule has 1 aromatic heterocycles. The first kappa shape index (κ1) is 16.2. The maximum atomic E-state index is 11.6. The van der Waals surface area contributed by atoms with Crippen molar-refractivity contribution in [2.75, 3.05) is 29.1 Å². The molecule has 0 bridgehead atoms. The number of thioether (sulfide) groups is 1. The number of sulfone groups is 1. The van der Waals surface area contributed by atoms with Crippen LogP contribution in [0.5, 0.6) is 0 Å². The van der Waals surface area contributed by atoms with E-state index in [9.17, 15) is 13.7 Å². The topological polar surface area (TPSA) is 82.8 Å². The third-order valence-electron chi connectivity index (χ3n) is 5.75. The summed E-state index contributed by atoms with van der Waals surface area (Å²) in [7, 11) is -2.80. The van der Waals surface area contributed by atoms with Crippen LogP contribution in [0.25, 0.3) is 0 Å². The first-order valence-corrected chi connectivity index (χ1v) is 11.4. The van der Waals surface area contributed by atoms with Gasteiger partial charge in [0.2, 0.25) is 0 Å². The highest BCUT2D eigenvalue weighted by Crippen LogP contribution is 2.59. The smallest absolute Gasteiger partial charge is 0.150 e. The molecule has 0 amide bonds. The van der Waals surface area contributed by atoms with Gasteiger partial charge in [0.05, 0.1) is 17.1 Å². The molecule has 1 saturated carbocycles. The summed E-state index contributed by atoms with van der Waals surface area (Å²) in [6, 6.07) is 4.24. The third-order valence-corrected chi connectivity index (χ3v) is 8.41. The Bertz CT molecular complexity index is 800. The summed E-state index contributed by atoms with van der Waals surface area (Å²) in [5, 5.41) is 12.8. The summed E-state index contributed by atoms with van der Waals surface area (Å²) >= 11 is 1.89. The largest absolute Gasteiger partial charge is 0.369 e. The predicted octanol–water partition coefficient (Wildman–Crippen LogP) is 2.37. The fourth-order valence-corrected chi connectivity index (χ4v) is 6.59. The van der Waals surface area contributed by atoms with Crippen LogP contribution < -0.4 is 5.32 Å². The van der Waals surface area contributed by atoms with Crippen LogP contribution >= 0.6 is 11.8 Å². The molecule has 1 saturated heterocycles. The molecule has 1 N–H and O–H groups in total. The standard InChI is InChI=1S/C17H21N3O2S2/c18-9-12-7-13-11-23-4-1-15(13)20-16(12)19-10-14-8-17(14)2-5-24(21,22)6-3-17/h7,14H,1-6,8,10-11H2,(H,19,20). The van der Waals surface area contributed by atoms with Crippen LogP contribution in [-0.4, -0.2) is 37.2 Å². The van der Waals surface area contributed by atoms with Crippen molar-refractivity contribution in [2.45, 2.75) is 31.4 Å². The Hall–Kier alpha value is -1.26. The van der Waals surface area contributed by atoms with Gasteiger partial charge in [0.15, 0.2) is 0 Å². The maximum absolute atomic E-state index is 11.6. The zero-order valence-corrected chi connectivity index (χ0v) is 15.2. The van der Waals surface area contributed by atoms with Crippen LogP contribution in [-0.2, 0) is 22.0 Å². The van der Waals surface area contributed by atoms with Gasteiger partial charge >= 0.3 is 0 Å². The van der Waals surface area contributed by atoms with Crippen LogP contribution in [0.3, 0.4) is 0 Å². The molecule has 7 heteroatoms. The number of pyridine rings is 1. The molecule has 2 fully saturated rings. The molecule has 1 atom stereocenters. The first-order chi connectivity index (χ1) is 11.5. The summed E-state index contributed by atoms with van der Waals surface area (Å²) in [5.74, 6) is 3.91. The van der Waals surface area contributed by atoms with Gasteiger partial charge in [-0.25, -0.2) is 13.4 Å². The minimum Gasteiger partial charge on any atom is -0.369 e. The highest BCUT2D eigenvalue weighted by Gasteiger charge is 2.55. The highest BCUT2D eigenvalue weighted by atomic mass is 32.2. The minimum atomic E-state index is -2.80. The number of fused-ring (bicyclic) bond motifs is 1. The highest BCUT2D eigenvalue weighted by molar-refractivity contribution is 7.98. The van der Waals surface area contributed by atoms with Crippen LogP contribution in [0, 0.1) is 22.7 Å². The lowest BCUT2D eigenvalue weighted by Gasteiger charge is -2.23. The third kappa shape index (κ3) is 3.02. The number of nitrogens with zero attached hydrogens (tertiary/aromatic N) is 2. The van der Waals surface area contributed by atoms with E-state index in [1.807, 2.05) is 17.8 Å². The first-order valence-electron chi connectivity index (χ1n) is 8.46. The Kier molecular flexibility index (Phi) is 4.00. The van der Waals surface area contributed by atoms with E-state index >= 15 is 0 Å². The fourth-order valence-electron chi connectivity index (χ4n) is 4.00. The van der Waals surface area contributed by atoms with Gasteiger partial charge in [-0.3, -0.25) is 0 Å². The predicted molar refractivity (Wildman–Crippen MR) is 95.7 cm³/mol. The van der Waals surface area contributed by atoms with E-state index < -0.39 is 9.84 Å². The Morgan fingerprint density at radius 3 is 2.96 bits per heavy atom. The van der Waals surface area contributed by atoms with Crippen molar-refractivity contribution in [1.29, 1.82) is 5.26 Å². The lowest BCUT2D eigenvalue weighted by Crippen LogP contribution is -2.26. The second-order valence-corrected chi connectivity index (χ2v) is 10.6. The van der Waals surface area contributed by atoms with Crippen molar-refractivity contribution in [2.24, 2.45) is 11.3 Å². The monoisotopic (exact) mass is 363 g/mol. The number of aromatic nitrogens is 1. The zero-order valence-electron chi connectivity index (χ0n) is 13.5. The van der Waals surface area contributed by atoms with Gasteiger partial charge in [-0.1, -0.05) is 0 Å². The Morgan fingerprint density at radius 1 is 1.42 bits per heavy atom. The van der Waals surface area contributed by atoms with Gasteiger partial charge in [-0.15, -0.1) is 0 Å². The summed E-state index contributed by atoms with van der Waals surface area (Å²) in [5.41, 5.74) is 3.14. The lowest BCUT2D eigenvalue weighted by atomic mass is 9.96. The van der Waals surface area contributed by atoms with Gasteiger partial charge in [0.25, 0.3) is 0 Å². The number of nitriles is 1. The number of hydrogen-bond acceptors (Lipinski definition) is 6. The number of aryl methyl sites for hydroxylation is 1. The molecule has 3 heterocycles. The van der Waals surface area contributed by atoms with Gasteiger partial charge in [-0.05, 0) is 54.4 Å². The van der Waals surface area contributed by atoms with Crippen molar-refractivity contribution < 1.29 is 8.42 Å². The fraction of sp³-hybridized carbons (Fsp3) is 0.647. The van der Waals surface area contributed by atoms with E-state index in [4.69, 9.17) is 4.98 Å². The van der Waals surface area contributed by atoms with Gasteiger partial charge < -0.3 is 5.32 Å². The van der Waals surface area contributed by atoms with Gasteiger partial charge in [0, 0.05) is 18.0 Å². The van der Waals surface area contributed by atoms with Crippen molar-refractivity contribution in [1.82, 2.24) is 4.98 Å². The molecule has 3 aliphatic rings. The normalized spacial score (nSPS) is 26.4. The molecule has 5 nitrogen and oxygen atoms in total. The average Bonchev–Trinajstić information content (AvgIpc) is 3.28. The van der Waals surface area contributed by atoms with Gasteiger partial charge in [0.1, 0.15) is 21.7 Å². The molecular formula is C17H21N3O2S2. The molecule has 0 aromatic carbocycles. The molecule has 24 heavy (non-hydrogen) atoms. The molecule has 1 unspecified atom stereocenters. The van der Waals surface area contributed by atoms with E-state index in [1.54, 1.807) is 0 Å². The van der Waals surface area contributed by atoms with E-state index in [0.717, 1.165) is 49.4 Å². The molecule has 1 aromatic rings. The van der Waals surface area contributed by atoms with Crippen molar-refractivity contribution >= 4 is 27.4 Å². The summed E-state index contributed by atoms with van der Waals surface area (Å²) < 4.78 is 23.2. The van der Waals surface area contributed by atoms with Gasteiger partial charge in [-0.2, -0.15) is 17.0 Å². The number of nitrogens with one attached hydrogen (secondary N) is 1. The van der Waals surface area contributed by atoms with Crippen molar-refractivity contribution in [3.05, 3.63) is 22.9 Å². The van der Waals surface area contributed by atoms with E-state index in [2.05, 4.69) is 11.4 Å². The average molecular weight is 364 g/mol. The molecule has 4 rings (SSSR count). The second kappa shape index (κ2) is 5.92. The summed E-state index contributed by atoms with van der Waals surface area (Å²) in [6.45, 7) is 0.787. The zero-order chi connectivity index (χ0) is 16.8. The molecule has 128 valence electrons. The minimum absolute atomic E-state index is 0.218. The Morgan fingerprint density at radius 2 is 2.21 bits per heavy atom. The maximum Gasteiger partial charge on any atom is 0.150 e. The SMILES string of the molecule is N#Cc1cc2c(nc1NCC1CC13CCS(=O)(=O)CC3)CCSC2. The van der Waals surface area contributed by atoms with Crippen LogP contribution in [0.4, 0.5) is 5.82 Å². The number of hydrogen-bond donors (Lipinski definition) is 1. The number of rotatable bonds is 3. The van der Waals surface area contributed by atoms with E-state index in [-0.39, 0.29) is 5.41 Å². The Balaban J connectivity index is 1.43. The van der Waals surface area contributed by atoms with Crippen molar-refractivity contribution in [3.8, 4) is 6.07 Å². The molecule has 2 aliphatic heterocycles. The summed E-state index contributed by atoms with van der Waals surface area (Å²) in [4.78, 5) is 4.70. The van der Waals surface area contributed by atoms with Crippen LogP contribution in [0.1, 0.15) is 36.1 Å². The molecule has 1 spiro atoms. The summed E-state index contributed by atoms with van der Waals surface area (Å²) in [6.07, 6.45) is 3.65. The Labute approximate surface area is 147 Å².